The molecule has 0 aliphatic carbocycles. The number of rotatable bonds is 5. The molecular formula is C26H28FN3O3. The van der Waals surface area contributed by atoms with Crippen molar-refractivity contribution < 1.29 is 18.7 Å². The van der Waals surface area contributed by atoms with E-state index in [4.69, 9.17) is 9.47 Å². The van der Waals surface area contributed by atoms with E-state index in [1.807, 2.05) is 46.9 Å². The van der Waals surface area contributed by atoms with E-state index < -0.39 is 5.60 Å². The zero-order valence-corrected chi connectivity index (χ0v) is 18.7. The van der Waals surface area contributed by atoms with Crippen LogP contribution in [0.25, 0.3) is 0 Å². The van der Waals surface area contributed by atoms with Crippen LogP contribution in [0.4, 0.5) is 4.39 Å². The lowest BCUT2D eigenvalue weighted by Crippen LogP contribution is -2.50. The van der Waals surface area contributed by atoms with E-state index in [1.54, 1.807) is 18.3 Å². The number of carbonyl (C=O) groups is 1. The molecule has 2 aliphatic heterocycles. The van der Waals surface area contributed by atoms with Crippen LogP contribution in [0.5, 0.6) is 5.75 Å². The van der Waals surface area contributed by atoms with Gasteiger partial charge in [0.25, 0.3) is 5.91 Å². The van der Waals surface area contributed by atoms with Gasteiger partial charge in [0.05, 0.1) is 18.8 Å². The Morgan fingerprint density at radius 2 is 2.15 bits per heavy atom. The molecule has 6 nitrogen and oxygen atoms in total. The number of halogens is 1. The lowest BCUT2D eigenvalue weighted by Gasteiger charge is -2.39. The van der Waals surface area contributed by atoms with E-state index in [0.717, 1.165) is 24.2 Å². The fourth-order valence-electron chi connectivity index (χ4n) is 4.96. The van der Waals surface area contributed by atoms with Crippen LogP contribution in [0.2, 0.25) is 0 Å². The van der Waals surface area contributed by atoms with Crippen LogP contribution in [0.1, 0.15) is 41.0 Å². The Morgan fingerprint density at radius 3 is 2.97 bits per heavy atom. The van der Waals surface area contributed by atoms with Gasteiger partial charge in [-0.15, -0.1) is 0 Å². The second-order valence-corrected chi connectivity index (χ2v) is 8.99. The van der Waals surface area contributed by atoms with Gasteiger partial charge in [0.15, 0.2) is 0 Å². The monoisotopic (exact) mass is 449 g/mol. The van der Waals surface area contributed by atoms with Crippen molar-refractivity contribution >= 4 is 5.91 Å². The molecule has 2 atom stereocenters. The first-order chi connectivity index (χ1) is 16.0. The highest BCUT2D eigenvalue weighted by Crippen LogP contribution is 2.37. The summed E-state index contributed by atoms with van der Waals surface area (Å²) in [6.07, 6.45) is 5.99. The highest BCUT2D eigenvalue weighted by atomic mass is 19.1. The molecule has 1 amide bonds. The van der Waals surface area contributed by atoms with Gasteiger partial charge in [0.2, 0.25) is 0 Å². The third-order valence-electron chi connectivity index (χ3n) is 6.61. The first-order valence-electron chi connectivity index (χ1n) is 11.4. The first-order valence-corrected chi connectivity index (χ1v) is 11.4. The van der Waals surface area contributed by atoms with Gasteiger partial charge in [0.1, 0.15) is 23.5 Å². The Hall–Kier alpha value is -3.19. The maximum absolute atomic E-state index is 13.6. The highest BCUT2D eigenvalue weighted by molar-refractivity contribution is 5.95. The normalized spacial score (nSPS) is 22.6. The molecule has 0 N–H and O–H groups in total. The smallest absolute Gasteiger partial charge is 0.254 e. The molecule has 0 saturated carbocycles. The number of hydrogen-bond donors (Lipinski definition) is 0. The van der Waals surface area contributed by atoms with Gasteiger partial charge in [-0.1, -0.05) is 24.3 Å². The molecule has 2 aromatic carbocycles. The van der Waals surface area contributed by atoms with Crippen LogP contribution in [0, 0.1) is 12.7 Å². The maximum atomic E-state index is 13.6. The summed E-state index contributed by atoms with van der Waals surface area (Å²) >= 11 is 0. The van der Waals surface area contributed by atoms with Gasteiger partial charge in [-0.25, -0.2) is 9.37 Å². The van der Waals surface area contributed by atoms with Gasteiger partial charge >= 0.3 is 0 Å². The number of carbonyl (C=O) groups excluding carboxylic acids is 1. The third kappa shape index (κ3) is 4.64. The molecule has 0 radical (unpaired) electrons. The predicted molar refractivity (Wildman–Crippen MR) is 122 cm³/mol. The number of hydrogen-bond acceptors (Lipinski definition) is 4. The SMILES string of the molecule is Cc1nccn1Cc1ccccc1C(=O)N1CCC[C@]2(C[C@@H](Oc3cccc(F)c3)CO2)C1. The van der Waals surface area contributed by atoms with Gasteiger partial charge < -0.3 is 18.9 Å². The zero-order chi connectivity index (χ0) is 22.8. The summed E-state index contributed by atoms with van der Waals surface area (Å²) in [4.78, 5) is 19.8. The zero-order valence-electron chi connectivity index (χ0n) is 18.7. The molecule has 7 heteroatoms. The highest BCUT2D eigenvalue weighted by Gasteiger charge is 2.45. The van der Waals surface area contributed by atoms with Crippen molar-refractivity contribution in [3.8, 4) is 5.75 Å². The van der Waals surface area contributed by atoms with Crippen molar-refractivity contribution in [2.75, 3.05) is 19.7 Å². The van der Waals surface area contributed by atoms with Gasteiger partial charge in [-0.05, 0) is 43.5 Å². The number of likely N-dealkylation sites (tertiary alicyclic amines) is 1. The van der Waals surface area contributed by atoms with Crippen molar-refractivity contribution in [1.82, 2.24) is 14.5 Å². The topological polar surface area (TPSA) is 56.6 Å². The number of amides is 1. The van der Waals surface area contributed by atoms with Crippen molar-refractivity contribution in [3.63, 3.8) is 0 Å². The Bertz CT molecular complexity index is 1150. The standard InChI is InChI=1S/C26H28FN3O3/c1-19-28-11-13-29(19)16-20-6-2-3-9-24(20)25(31)30-12-5-10-26(18-30)15-23(17-32-26)33-22-8-4-7-21(27)14-22/h2-4,6-9,11,13-14,23H,5,10,12,15-18H2,1H3/t23-,26+/m1/s1. The van der Waals surface area contributed by atoms with Crippen LogP contribution in [-0.4, -0.2) is 51.8 Å². The summed E-state index contributed by atoms with van der Waals surface area (Å²) in [6.45, 7) is 4.24. The van der Waals surface area contributed by atoms with Crippen molar-refractivity contribution in [1.29, 1.82) is 0 Å². The Morgan fingerprint density at radius 1 is 1.27 bits per heavy atom. The molecule has 33 heavy (non-hydrogen) atoms. The average molecular weight is 450 g/mol. The van der Waals surface area contributed by atoms with Crippen molar-refractivity contribution in [2.45, 2.75) is 44.4 Å². The van der Waals surface area contributed by atoms with Crippen LogP contribution in [-0.2, 0) is 11.3 Å². The Balaban J connectivity index is 1.29. The molecule has 1 spiro atoms. The molecule has 172 valence electrons. The minimum Gasteiger partial charge on any atom is -0.488 e. The predicted octanol–water partition coefficient (Wildman–Crippen LogP) is 4.22. The summed E-state index contributed by atoms with van der Waals surface area (Å²) in [5.41, 5.74) is 1.28. The van der Waals surface area contributed by atoms with Gasteiger partial charge in [-0.2, -0.15) is 0 Å². The van der Waals surface area contributed by atoms with E-state index in [-0.39, 0.29) is 17.8 Å². The molecular weight excluding hydrogens is 421 g/mol. The lowest BCUT2D eigenvalue weighted by atomic mass is 9.88. The number of aryl methyl sites for hydroxylation is 1. The number of nitrogens with zero attached hydrogens (tertiary/aromatic N) is 3. The van der Waals surface area contributed by atoms with E-state index >= 15 is 0 Å². The van der Waals surface area contributed by atoms with Crippen LogP contribution >= 0.6 is 0 Å². The van der Waals surface area contributed by atoms with Gasteiger partial charge in [-0.3, -0.25) is 4.79 Å². The summed E-state index contributed by atoms with van der Waals surface area (Å²) in [5, 5.41) is 0. The Labute approximate surface area is 193 Å². The summed E-state index contributed by atoms with van der Waals surface area (Å²) in [6, 6.07) is 14.0. The molecule has 3 aromatic rings. The third-order valence-corrected chi connectivity index (χ3v) is 6.61. The fourth-order valence-corrected chi connectivity index (χ4v) is 4.96. The molecule has 2 aliphatic rings. The Kier molecular flexibility index (Phi) is 5.89. The van der Waals surface area contributed by atoms with E-state index in [9.17, 15) is 9.18 Å². The average Bonchev–Trinajstić information content (AvgIpc) is 3.39. The molecule has 0 bridgehead atoms. The maximum Gasteiger partial charge on any atom is 0.254 e. The second kappa shape index (κ2) is 8.98. The largest absolute Gasteiger partial charge is 0.488 e. The first kappa shape index (κ1) is 21.6. The van der Waals surface area contributed by atoms with Crippen LogP contribution < -0.4 is 4.74 Å². The summed E-state index contributed by atoms with van der Waals surface area (Å²) in [7, 11) is 0. The quantitative estimate of drug-likeness (QED) is 0.585. The van der Waals surface area contributed by atoms with E-state index in [0.29, 0.717) is 44.0 Å². The van der Waals surface area contributed by atoms with Crippen LogP contribution in [0.15, 0.2) is 60.9 Å². The number of aromatic nitrogens is 2. The van der Waals surface area contributed by atoms with E-state index in [2.05, 4.69) is 4.98 Å². The number of benzene rings is 2. The number of ether oxygens (including phenoxy) is 2. The second-order valence-electron chi connectivity index (χ2n) is 8.99. The van der Waals surface area contributed by atoms with E-state index in [1.165, 1.54) is 12.1 Å². The van der Waals surface area contributed by atoms with Crippen molar-refractivity contribution in [2.24, 2.45) is 0 Å². The number of imidazole rings is 1. The fraction of sp³-hybridized carbons (Fsp3) is 0.385. The minimum absolute atomic E-state index is 0.0283. The molecule has 3 heterocycles. The lowest BCUT2D eigenvalue weighted by molar-refractivity contribution is -0.0453. The minimum atomic E-state index is -0.415. The summed E-state index contributed by atoms with van der Waals surface area (Å²) in [5.74, 6) is 1.13. The number of piperidine rings is 1. The van der Waals surface area contributed by atoms with Crippen LogP contribution in [0.3, 0.4) is 0 Å². The molecule has 0 unspecified atom stereocenters. The molecule has 2 saturated heterocycles. The van der Waals surface area contributed by atoms with Crippen molar-refractivity contribution in [3.05, 3.63) is 83.7 Å². The summed E-state index contributed by atoms with van der Waals surface area (Å²) < 4.78 is 27.7. The molecule has 1 aromatic heterocycles. The molecule has 2 fully saturated rings. The molecule has 5 rings (SSSR count). The van der Waals surface area contributed by atoms with Gasteiger partial charge in [0, 0.05) is 43.5 Å².